The molecule has 1 aliphatic carbocycles. The smallest absolute Gasteiger partial charge is 0.244 e. The molecule has 1 N–H and O–H groups in total. The molecule has 0 unspecified atom stereocenters. The Labute approximate surface area is 168 Å². The minimum absolute atomic E-state index is 0.0392. The highest BCUT2D eigenvalue weighted by Gasteiger charge is 2.35. The molecule has 0 bridgehead atoms. The predicted molar refractivity (Wildman–Crippen MR) is 112 cm³/mol. The fourth-order valence-electron chi connectivity index (χ4n) is 3.33. The third-order valence-corrected chi connectivity index (χ3v) is 5.88. The van der Waals surface area contributed by atoms with E-state index >= 15 is 0 Å². The minimum Gasteiger partial charge on any atom is -0.357 e. The van der Waals surface area contributed by atoms with Crippen molar-refractivity contribution >= 4 is 33.5 Å². The number of rotatable bonds is 5. The first-order chi connectivity index (χ1) is 13.3. The summed E-state index contributed by atoms with van der Waals surface area (Å²) in [6.45, 7) is 6.61. The van der Waals surface area contributed by atoms with E-state index in [1.807, 2.05) is 42.4 Å². The zero-order valence-corrected chi connectivity index (χ0v) is 17.5. The van der Waals surface area contributed by atoms with Crippen molar-refractivity contribution in [2.24, 2.45) is 0 Å². The van der Waals surface area contributed by atoms with Crippen LogP contribution in [0.25, 0.3) is 10.9 Å². The number of aromatic nitrogens is 4. The molecular weight excluding hydrogens is 372 g/mol. The molecule has 1 saturated carbocycles. The fourth-order valence-corrected chi connectivity index (χ4v) is 4.17. The van der Waals surface area contributed by atoms with Gasteiger partial charge in [0.2, 0.25) is 11.0 Å². The summed E-state index contributed by atoms with van der Waals surface area (Å²) >= 11 is 1.41. The maximum Gasteiger partial charge on any atom is 0.244 e. The lowest BCUT2D eigenvalue weighted by Gasteiger charge is -2.41. The van der Waals surface area contributed by atoms with Crippen LogP contribution in [0, 0.1) is 0 Å². The number of likely N-dealkylation sites (N-methyl/N-ethyl adjacent to an activating group) is 1. The highest BCUT2D eigenvalue weighted by Crippen LogP contribution is 2.30. The quantitative estimate of drug-likeness (QED) is 0.714. The van der Waals surface area contributed by atoms with Crippen LogP contribution in [0.4, 0.5) is 5.13 Å². The molecule has 2 aromatic heterocycles. The molecule has 0 saturated heterocycles. The molecule has 0 atom stereocenters. The van der Waals surface area contributed by atoms with Gasteiger partial charge in [-0.3, -0.25) is 9.48 Å². The molecule has 1 fully saturated rings. The second kappa shape index (κ2) is 7.16. The van der Waals surface area contributed by atoms with Gasteiger partial charge in [-0.05, 0) is 18.9 Å². The van der Waals surface area contributed by atoms with Crippen LogP contribution in [-0.4, -0.2) is 49.1 Å². The van der Waals surface area contributed by atoms with Crippen molar-refractivity contribution in [3.05, 3.63) is 36.3 Å². The lowest BCUT2D eigenvalue weighted by atomic mass is 9.86. The fraction of sp³-hybridized carbons (Fsp3) is 0.500. The van der Waals surface area contributed by atoms with Gasteiger partial charge in [0, 0.05) is 47.7 Å². The number of carbonyl (C=O) groups excluding carboxylic acids is 1. The maximum atomic E-state index is 12.6. The van der Waals surface area contributed by atoms with E-state index in [-0.39, 0.29) is 23.9 Å². The number of carbonyl (C=O) groups is 1. The third-order valence-electron chi connectivity index (χ3n) is 5.24. The van der Waals surface area contributed by atoms with Crippen molar-refractivity contribution in [1.82, 2.24) is 24.0 Å². The third kappa shape index (κ3) is 3.87. The molecule has 8 heteroatoms. The second-order valence-corrected chi connectivity index (χ2v) is 9.28. The van der Waals surface area contributed by atoms with Crippen LogP contribution in [0.1, 0.15) is 39.4 Å². The molecule has 3 aromatic rings. The molecule has 0 radical (unpaired) electrons. The van der Waals surface area contributed by atoms with Crippen molar-refractivity contribution in [2.45, 2.75) is 57.7 Å². The summed E-state index contributed by atoms with van der Waals surface area (Å²) in [5.41, 5.74) is 0.875. The molecule has 0 spiro atoms. The van der Waals surface area contributed by atoms with Crippen molar-refractivity contribution in [3.63, 3.8) is 0 Å². The van der Waals surface area contributed by atoms with Gasteiger partial charge in [-0.1, -0.05) is 39.0 Å². The predicted octanol–water partition coefficient (Wildman–Crippen LogP) is 3.29. The molecule has 1 amide bonds. The summed E-state index contributed by atoms with van der Waals surface area (Å²) in [6, 6.07) is 8.50. The topological polar surface area (TPSA) is 75.9 Å². The Balaban J connectivity index is 1.29. The Morgan fingerprint density at radius 2 is 2.07 bits per heavy atom. The molecular formula is C20H26N6OS. The van der Waals surface area contributed by atoms with E-state index in [1.165, 1.54) is 11.5 Å². The second-order valence-electron chi connectivity index (χ2n) is 8.53. The van der Waals surface area contributed by atoms with E-state index in [2.05, 4.69) is 40.5 Å². The largest absolute Gasteiger partial charge is 0.357 e. The van der Waals surface area contributed by atoms with Gasteiger partial charge in [0.1, 0.15) is 12.4 Å². The van der Waals surface area contributed by atoms with Crippen LogP contribution in [0.15, 0.2) is 30.5 Å². The molecule has 0 aliphatic heterocycles. The normalized spacial score (nSPS) is 19.4. The first kappa shape index (κ1) is 18.9. The molecule has 7 nitrogen and oxygen atoms in total. The van der Waals surface area contributed by atoms with Crippen molar-refractivity contribution in [2.75, 3.05) is 12.4 Å². The monoisotopic (exact) mass is 398 g/mol. The Morgan fingerprint density at radius 1 is 1.32 bits per heavy atom. The molecule has 148 valence electrons. The minimum atomic E-state index is -0.0392. The zero-order valence-electron chi connectivity index (χ0n) is 16.7. The molecule has 28 heavy (non-hydrogen) atoms. The lowest BCUT2D eigenvalue weighted by Crippen LogP contribution is -2.51. The number of nitrogens with one attached hydrogen (secondary N) is 1. The van der Waals surface area contributed by atoms with E-state index < -0.39 is 0 Å². The molecule has 4 rings (SSSR count). The van der Waals surface area contributed by atoms with Gasteiger partial charge in [0.05, 0.1) is 5.52 Å². The van der Waals surface area contributed by atoms with Crippen molar-refractivity contribution in [1.29, 1.82) is 0 Å². The Bertz CT molecular complexity index is 949. The summed E-state index contributed by atoms with van der Waals surface area (Å²) in [6.07, 6.45) is 3.77. The Kier molecular flexibility index (Phi) is 4.82. The lowest BCUT2D eigenvalue weighted by molar-refractivity contribution is -0.134. The van der Waals surface area contributed by atoms with Crippen LogP contribution in [-0.2, 0) is 16.8 Å². The Morgan fingerprint density at radius 3 is 2.75 bits per heavy atom. The van der Waals surface area contributed by atoms with Crippen LogP contribution < -0.4 is 5.32 Å². The number of fused-ring (bicyclic) bond motifs is 1. The van der Waals surface area contributed by atoms with Gasteiger partial charge in [0.25, 0.3) is 0 Å². The van der Waals surface area contributed by atoms with E-state index in [0.29, 0.717) is 6.04 Å². The SMILES string of the molecule is CN(C(=O)Cn1cc2ccccc2n1)C1CC(Nc2nc(C(C)(C)C)ns2)C1. The van der Waals surface area contributed by atoms with Gasteiger partial charge in [0.15, 0.2) is 0 Å². The summed E-state index contributed by atoms with van der Waals surface area (Å²) < 4.78 is 6.17. The Hall–Kier alpha value is -2.48. The number of nitrogens with zero attached hydrogens (tertiary/aromatic N) is 5. The average molecular weight is 399 g/mol. The highest BCUT2D eigenvalue weighted by atomic mass is 32.1. The number of benzene rings is 1. The van der Waals surface area contributed by atoms with Gasteiger partial charge in [-0.15, -0.1) is 0 Å². The van der Waals surface area contributed by atoms with Gasteiger partial charge >= 0.3 is 0 Å². The zero-order chi connectivity index (χ0) is 19.9. The maximum absolute atomic E-state index is 12.6. The van der Waals surface area contributed by atoms with Crippen LogP contribution >= 0.6 is 11.5 Å². The summed E-state index contributed by atoms with van der Waals surface area (Å²) in [4.78, 5) is 19.1. The molecule has 1 aromatic carbocycles. The summed E-state index contributed by atoms with van der Waals surface area (Å²) in [5, 5.41) is 9.85. The van der Waals surface area contributed by atoms with Crippen molar-refractivity contribution in [3.8, 4) is 0 Å². The van der Waals surface area contributed by atoms with Gasteiger partial charge < -0.3 is 10.2 Å². The van der Waals surface area contributed by atoms with E-state index in [9.17, 15) is 4.79 Å². The van der Waals surface area contributed by atoms with Gasteiger partial charge in [-0.2, -0.15) is 9.47 Å². The van der Waals surface area contributed by atoms with Crippen molar-refractivity contribution < 1.29 is 4.79 Å². The first-order valence-corrected chi connectivity index (χ1v) is 10.4. The summed E-state index contributed by atoms with van der Waals surface area (Å²) in [7, 11) is 1.88. The van der Waals surface area contributed by atoms with E-state index in [0.717, 1.165) is 34.7 Å². The van der Waals surface area contributed by atoms with E-state index in [1.54, 1.807) is 4.68 Å². The van der Waals surface area contributed by atoms with Crippen LogP contribution in [0.3, 0.4) is 0 Å². The van der Waals surface area contributed by atoms with Crippen LogP contribution in [0.5, 0.6) is 0 Å². The number of hydrogen-bond donors (Lipinski definition) is 1. The summed E-state index contributed by atoms with van der Waals surface area (Å²) in [5.74, 6) is 0.956. The average Bonchev–Trinajstić information content (AvgIpc) is 3.23. The first-order valence-electron chi connectivity index (χ1n) is 9.58. The van der Waals surface area contributed by atoms with Gasteiger partial charge in [-0.25, -0.2) is 4.98 Å². The highest BCUT2D eigenvalue weighted by molar-refractivity contribution is 7.09. The standard InChI is InChI=1S/C20H26N6OS/c1-20(2,3)18-22-19(28-24-18)21-14-9-15(10-14)25(4)17(27)12-26-11-13-7-5-6-8-16(13)23-26/h5-8,11,14-15H,9-10,12H2,1-4H3,(H,21,22,24). The molecule has 1 aliphatic rings. The number of anilines is 1. The number of hydrogen-bond acceptors (Lipinski definition) is 6. The van der Waals surface area contributed by atoms with E-state index in [4.69, 9.17) is 0 Å². The molecule has 2 heterocycles. The number of amides is 1. The van der Waals surface area contributed by atoms with Crippen LogP contribution in [0.2, 0.25) is 0 Å².